The lowest BCUT2D eigenvalue weighted by Gasteiger charge is -2.37. The zero-order valence-corrected chi connectivity index (χ0v) is 18.3. The average molecular weight is 403 g/mol. The van der Waals surface area contributed by atoms with Gasteiger partial charge in [-0.15, -0.1) is 0 Å². The summed E-state index contributed by atoms with van der Waals surface area (Å²) in [6.45, 7) is 12.5. The molecule has 2 amide bonds. The minimum atomic E-state index is -0.126. The van der Waals surface area contributed by atoms with Gasteiger partial charge < -0.3 is 25.2 Å². The molecular formula is C23H38N4O2. The van der Waals surface area contributed by atoms with Crippen molar-refractivity contribution >= 4 is 17.4 Å². The summed E-state index contributed by atoms with van der Waals surface area (Å²) >= 11 is 0. The van der Waals surface area contributed by atoms with Crippen molar-refractivity contribution in [2.45, 2.75) is 58.7 Å². The average Bonchev–Trinajstić information content (AvgIpc) is 2.69. The number of morpholine rings is 1. The quantitative estimate of drug-likeness (QED) is 0.679. The number of para-hydroxylation sites is 2. The van der Waals surface area contributed by atoms with Gasteiger partial charge in [0.25, 0.3) is 0 Å². The highest BCUT2D eigenvalue weighted by molar-refractivity contribution is 5.93. The summed E-state index contributed by atoms with van der Waals surface area (Å²) in [5, 5.41) is 6.05. The fourth-order valence-corrected chi connectivity index (χ4v) is 4.34. The minimum absolute atomic E-state index is 0.126. The maximum atomic E-state index is 12.4. The van der Waals surface area contributed by atoms with E-state index in [1.165, 1.54) is 25.9 Å². The number of carbonyl (C=O) groups is 1. The van der Waals surface area contributed by atoms with Gasteiger partial charge >= 0.3 is 6.03 Å². The molecule has 29 heavy (non-hydrogen) atoms. The molecule has 2 aliphatic rings. The van der Waals surface area contributed by atoms with E-state index in [0.717, 1.165) is 49.8 Å². The first-order chi connectivity index (χ1) is 14.0. The number of benzene rings is 1. The van der Waals surface area contributed by atoms with Crippen LogP contribution in [0.2, 0.25) is 0 Å². The van der Waals surface area contributed by atoms with Crippen LogP contribution in [0.1, 0.15) is 46.5 Å². The Kier molecular flexibility index (Phi) is 8.19. The molecule has 0 aliphatic carbocycles. The molecule has 2 saturated heterocycles. The van der Waals surface area contributed by atoms with Crippen LogP contribution in [0.4, 0.5) is 16.2 Å². The molecule has 2 aliphatic heterocycles. The third-order valence-corrected chi connectivity index (χ3v) is 5.98. The van der Waals surface area contributed by atoms with Crippen LogP contribution in [-0.2, 0) is 4.74 Å². The number of hydrogen-bond donors (Lipinski definition) is 2. The first kappa shape index (κ1) is 21.9. The largest absolute Gasteiger partial charge is 0.372 e. The number of unbranched alkanes of at least 4 members (excludes halogenated alkanes) is 1. The molecule has 0 bridgehead atoms. The lowest BCUT2D eigenvalue weighted by Crippen LogP contribution is -2.45. The number of urea groups is 1. The van der Waals surface area contributed by atoms with Gasteiger partial charge in [-0.2, -0.15) is 0 Å². The fraction of sp³-hybridized carbons (Fsp3) is 0.696. The van der Waals surface area contributed by atoms with E-state index in [4.69, 9.17) is 4.74 Å². The molecule has 3 rings (SSSR count). The number of nitrogens with one attached hydrogen (secondary N) is 2. The highest BCUT2D eigenvalue weighted by Gasteiger charge is 2.24. The summed E-state index contributed by atoms with van der Waals surface area (Å²) in [5.41, 5.74) is 1.91. The van der Waals surface area contributed by atoms with Gasteiger partial charge in [-0.1, -0.05) is 19.1 Å². The van der Waals surface area contributed by atoms with Gasteiger partial charge in [0.2, 0.25) is 0 Å². The minimum Gasteiger partial charge on any atom is -0.372 e. The van der Waals surface area contributed by atoms with E-state index in [9.17, 15) is 4.79 Å². The van der Waals surface area contributed by atoms with Crippen LogP contribution in [0.15, 0.2) is 24.3 Å². The first-order valence-electron chi connectivity index (χ1n) is 11.3. The number of piperidine rings is 1. The van der Waals surface area contributed by atoms with Crippen molar-refractivity contribution in [1.29, 1.82) is 0 Å². The van der Waals surface area contributed by atoms with Gasteiger partial charge in [-0.25, -0.2) is 4.79 Å². The fourth-order valence-electron chi connectivity index (χ4n) is 4.34. The lowest BCUT2D eigenvalue weighted by molar-refractivity contribution is -0.00517. The van der Waals surface area contributed by atoms with E-state index in [1.807, 2.05) is 18.2 Å². The number of hydrogen-bond acceptors (Lipinski definition) is 4. The second-order valence-electron chi connectivity index (χ2n) is 8.79. The Morgan fingerprint density at radius 2 is 1.76 bits per heavy atom. The maximum Gasteiger partial charge on any atom is 0.319 e. The van der Waals surface area contributed by atoms with Gasteiger partial charge in [-0.3, -0.25) is 0 Å². The van der Waals surface area contributed by atoms with Crippen molar-refractivity contribution in [3.63, 3.8) is 0 Å². The van der Waals surface area contributed by atoms with Gasteiger partial charge in [0.15, 0.2) is 0 Å². The van der Waals surface area contributed by atoms with E-state index in [-0.39, 0.29) is 18.2 Å². The number of likely N-dealkylation sites (tertiary alicyclic amines) is 1. The predicted octanol–water partition coefficient (Wildman–Crippen LogP) is 3.93. The number of nitrogens with zero attached hydrogens (tertiary/aromatic N) is 2. The standard InChI is InChI=1S/C23H38N4O2/c1-18-10-14-26(15-11-18)13-7-6-12-24-23(28)25-21-8-4-5-9-22(21)27-16-19(2)29-20(3)17-27/h4-5,8-9,18-20H,6-7,10-17H2,1-3H3,(H2,24,25,28). The second kappa shape index (κ2) is 10.8. The Labute approximate surface area is 176 Å². The summed E-state index contributed by atoms with van der Waals surface area (Å²) in [6.07, 6.45) is 5.16. The molecule has 6 heteroatoms. The monoisotopic (exact) mass is 402 g/mol. The Balaban J connectivity index is 1.40. The maximum absolute atomic E-state index is 12.4. The van der Waals surface area contributed by atoms with E-state index >= 15 is 0 Å². The summed E-state index contributed by atoms with van der Waals surface area (Å²) < 4.78 is 5.84. The molecule has 0 aromatic heterocycles. The van der Waals surface area contributed by atoms with Crippen molar-refractivity contribution in [3.8, 4) is 0 Å². The topological polar surface area (TPSA) is 56.8 Å². The van der Waals surface area contributed by atoms with Gasteiger partial charge in [0, 0.05) is 19.6 Å². The number of carbonyl (C=O) groups excluding carboxylic acids is 1. The summed E-state index contributed by atoms with van der Waals surface area (Å²) in [6, 6.07) is 7.89. The van der Waals surface area contributed by atoms with Crippen molar-refractivity contribution in [2.24, 2.45) is 5.92 Å². The Bertz CT molecular complexity index is 636. The molecule has 2 unspecified atom stereocenters. The zero-order valence-electron chi connectivity index (χ0n) is 18.3. The molecule has 0 radical (unpaired) electrons. The molecule has 6 nitrogen and oxygen atoms in total. The number of ether oxygens (including phenoxy) is 1. The van der Waals surface area contributed by atoms with Crippen molar-refractivity contribution in [3.05, 3.63) is 24.3 Å². The second-order valence-corrected chi connectivity index (χ2v) is 8.79. The first-order valence-corrected chi connectivity index (χ1v) is 11.3. The smallest absolute Gasteiger partial charge is 0.319 e. The van der Waals surface area contributed by atoms with Gasteiger partial charge in [-0.05, 0) is 77.2 Å². The van der Waals surface area contributed by atoms with Gasteiger partial charge in [0.1, 0.15) is 0 Å². The van der Waals surface area contributed by atoms with Crippen molar-refractivity contribution in [2.75, 3.05) is 49.5 Å². The molecule has 1 aromatic carbocycles. The number of amides is 2. The summed E-state index contributed by atoms with van der Waals surface area (Å²) in [4.78, 5) is 17.3. The normalized spacial score (nSPS) is 23.8. The van der Waals surface area contributed by atoms with Gasteiger partial charge in [0.05, 0.1) is 23.6 Å². The summed E-state index contributed by atoms with van der Waals surface area (Å²) in [5.74, 6) is 0.878. The van der Waals surface area contributed by atoms with Crippen LogP contribution in [0.5, 0.6) is 0 Å². The van der Waals surface area contributed by atoms with Crippen molar-refractivity contribution < 1.29 is 9.53 Å². The van der Waals surface area contributed by atoms with Crippen LogP contribution in [0, 0.1) is 5.92 Å². The van der Waals surface area contributed by atoms with Crippen LogP contribution in [0.3, 0.4) is 0 Å². The zero-order chi connectivity index (χ0) is 20.6. The Hall–Kier alpha value is -1.79. The van der Waals surface area contributed by atoms with Crippen LogP contribution >= 0.6 is 0 Å². The number of anilines is 2. The van der Waals surface area contributed by atoms with Crippen molar-refractivity contribution in [1.82, 2.24) is 10.2 Å². The van der Waals surface area contributed by atoms with E-state index in [2.05, 4.69) is 47.3 Å². The predicted molar refractivity (Wildman–Crippen MR) is 120 cm³/mol. The molecule has 2 heterocycles. The molecule has 0 spiro atoms. The van der Waals surface area contributed by atoms with Crippen LogP contribution in [-0.4, -0.2) is 62.4 Å². The SMILES string of the molecule is CC1CCN(CCCCNC(=O)Nc2ccccc2N2CC(C)OC(C)C2)CC1. The molecule has 2 fully saturated rings. The molecule has 0 saturated carbocycles. The van der Waals surface area contributed by atoms with Crippen LogP contribution in [0.25, 0.3) is 0 Å². The molecule has 2 N–H and O–H groups in total. The molecular weight excluding hydrogens is 364 g/mol. The molecule has 2 atom stereocenters. The third kappa shape index (κ3) is 6.89. The van der Waals surface area contributed by atoms with E-state index in [1.54, 1.807) is 0 Å². The highest BCUT2D eigenvalue weighted by atomic mass is 16.5. The Morgan fingerprint density at radius 3 is 2.48 bits per heavy atom. The Morgan fingerprint density at radius 1 is 1.07 bits per heavy atom. The van der Waals surface area contributed by atoms with Crippen LogP contribution < -0.4 is 15.5 Å². The highest BCUT2D eigenvalue weighted by Crippen LogP contribution is 2.28. The third-order valence-electron chi connectivity index (χ3n) is 5.98. The molecule has 162 valence electrons. The number of rotatable bonds is 7. The van der Waals surface area contributed by atoms with E-state index < -0.39 is 0 Å². The molecule has 1 aromatic rings. The van der Waals surface area contributed by atoms with E-state index in [0.29, 0.717) is 6.54 Å². The lowest BCUT2D eigenvalue weighted by atomic mass is 9.99. The summed E-state index contributed by atoms with van der Waals surface area (Å²) in [7, 11) is 0.